The van der Waals surface area contributed by atoms with Crippen molar-refractivity contribution in [2.75, 3.05) is 0 Å². The van der Waals surface area contributed by atoms with Gasteiger partial charge in [0.25, 0.3) is 0 Å². The number of aliphatic hydroxyl groups is 1. The quantitative estimate of drug-likeness (QED) is 0.735. The summed E-state index contributed by atoms with van der Waals surface area (Å²) in [5, 5.41) is 15.3. The van der Waals surface area contributed by atoms with Crippen LogP contribution in [0.4, 0.5) is 4.79 Å². The van der Waals surface area contributed by atoms with E-state index in [0.717, 1.165) is 51.4 Å². The van der Waals surface area contributed by atoms with Gasteiger partial charge in [0, 0.05) is 18.1 Å². The number of urea groups is 1. The van der Waals surface area contributed by atoms with Crippen molar-refractivity contribution >= 4 is 11.9 Å². The van der Waals surface area contributed by atoms with Crippen LogP contribution in [0.3, 0.4) is 0 Å². The summed E-state index contributed by atoms with van der Waals surface area (Å²) in [5.41, 5.74) is 0. The molecule has 0 aromatic rings. The van der Waals surface area contributed by atoms with Gasteiger partial charge in [-0.05, 0) is 45.4 Å². The van der Waals surface area contributed by atoms with Crippen LogP contribution in [0.5, 0.6) is 0 Å². The van der Waals surface area contributed by atoms with Crippen LogP contribution < -0.4 is 10.6 Å². The number of carbonyl (C=O) groups is 2. The van der Waals surface area contributed by atoms with Crippen LogP contribution in [-0.2, 0) is 4.79 Å². The molecule has 0 aromatic carbocycles. The van der Waals surface area contributed by atoms with E-state index >= 15 is 0 Å². The minimum Gasteiger partial charge on any atom is -0.393 e. The molecule has 3 aliphatic rings. The van der Waals surface area contributed by atoms with Gasteiger partial charge >= 0.3 is 6.03 Å². The fourth-order valence-electron chi connectivity index (χ4n) is 4.64. The average molecular weight is 323 g/mol. The number of piperidine rings is 1. The number of nitrogens with one attached hydrogen (secondary N) is 2. The average Bonchev–Trinajstić information content (AvgIpc) is 2.79. The molecule has 1 saturated carbocycles. The summed E-state index contributed by atoms with van der Waals surface area (Å²) in [6, 6.07) is 0.0558. The van der Waals surface area contributed by atoms with Crippen LogP contribution in [-0.4, -0.2) is 52.2 Å². The van der Waals surface area contributed by atoms with Crippen molar-refractivity contribution < 1.29 is 14.7 Å². The molecule has 0 radical (unpaired) electrons. The molecule has 1 aliphatic carbocycles. The first kappa shape index (κ1) is 16.7. The van der Waals surface area contributed by atoms with E-state index in [9.17, 15) is 14.7 Å². The third-order valence-corrected chi connectivity index (χ3v) is 5.77. The van der Waals surface area contributed by atoms with E-state index in [0.29, 0.717) is 0 Å². The molecule has 2 aliphatic heterocycles. The van der Waals surface area contributed by atoms with Crippen molar-refractivity contribution in [3.63, 3.8) is 0 Å². The molecule has 23 heavy (non-hydrogen) atoms. The zero-order valence-electron chi connectivity index (χ0n) is 14.0. The largest absolute Gasteiger partial charge is 0.393 e. The highest BCUT2D eigenvalue weighted by atomic mass is 16.3. The molecule has 3 atom stereocenters. The summed E-state index contributed by atoms with van der Waals surface area (Å²) in [6.45, 7) is 1.87. The maximum Gasteiger partial charge on any atom is 0.321 e. The molecule has 3 fully saturated rings. The molecule has 2 heterocycles. The zero-order chi connectivity index (χ0) is 16.4. The Bertz CT molecular complexity index is 436. The summed E-state index contributed by atoms with van der Waals surface area (Å²) in [4.78, 5) is 26.7. The molecule has 2 bridgehead atoms. The van der Waals surface area contributed by atoms with Crippen LogP contribution in [0.25, 0.3) is 0 Å². The molecule has 3 amide bonds. The lowest BCUT2D eigenvalue weighted by Gasteiger charge is -2.40. The fourth-order valence-corrected chi connectivity index (χ4v) is 4.64. The van der Waals surface area contributed by atoms with Gasteiger partial charge in [0.15, 0.2) is 0 Å². The van der Waals surface area contributed by atoms with E-state index in [-0.39, 0.29) is 42.2 Å². The first-order chi connectivity index (χ1) is 11.0. The lowest BCUT2D eigenvalue weighted by atomic mass is 9.96. The number of fused-ring (bicyclic) bond motifs is 2. The lowest BCUT2D eigenvalue weighted by Crippen LogP contribution is -2.56. The van der Waals surface area contributed by atoms with Gasteiger partial charge in [0.1, 0.15) is 0 Å². The van der Waals surface area contributed by atoms with E-state index < -0.39 is 0 Å². The van der Waals surface area contributed by atoms with Gasteiger partial charge in [-0.15, -0.1) is 0 Å². The van der Waals surface area contributed by atoms with Crippen molar-refractivity contribution in [2.45, 2.75) is 95.0 Å². The van der Waals surface area contributed by atoms with Crippen LogP contribution >= 0.6 is 0 Å². The Morgan fingerprint density at radius 1 is 1.04 bits per heavy atom. The van der Waals surface area contributed by atoms with Crippen LogP contribution in [0, 0.1) is 0 Å². The van der Waals surface area contributed by atoms with Gasteiger partial charge in [0.2, 0.25) is 5.91 Å². The van der Waals surface area contributed by atoms with Gasteiger partial charge in [-0.3, -0.25) is 15.0 Å². The Kier molecular flexibility index (Phi) is 5.21. The maximum atomic E-state index is 12.4. The van der Waals surface area contributed by atoms with Crippen molar-refractivity contribution in [1.82, 2.24) is 15.5 Å². The summed E-state index contributed by atoms with van der Waals surface area (Å²) in [7, 11) is 0. The number of imide groups is 1. The first-order valence-electron chi connectivity index (χ1n) is 9.11. The summed E-state index contributed by atoms with van der Waals surface area (Å²) < 4.78 is 0. The van der Waals surface area contributed by atoms with E-state index in [4.69, 9.17) is 0 Å². The minimum absolute atomic E-state index is 0.202. The lowest BCUT2D eigenvalue weighted by molar-refractivity contribution is -0.127. The Balaban J connectivity index is 1.50. The van der Waals surface area contributed by atoms with E-state index in [1.165, 1.54) is 6.42 Å². The van der Waals surface area contributed by atoms with Gasteiger partial charge in [-0.1, -0.05) is 19.3 Å². The normalized spacial score (nSPS) is 33.2. The van der Waals surface area contributed by atoms with E-state index in [2.05, 4.69) is 15.5 Å². The van der Waals surface area contributed by atoms with Crippen molar-refractivity contribution in [3.05, 3.63) is 0 Å². The number of hydrogen-bond donors (Lipinski definition) is 3. The second-order valence-corrected chi connectivity index (χ2v) is 7.43. The number of hydrogen-bond acceptors (Lipinski definition) is 4. The molecular weight excluding hydrogens is 294 g/mol. The van der Waals surface area contributed by atoms with E-state index in [1.807, 2.05) is 6.92 Å². The SMILES string of the molecule is CC(C(=O)NC(=O)NC1CCCCC1)N1C2CCC1CC(O)C2. The number of aliphatic hydroxyl groups excluding tert-OH is 1. The zero-order valence-corrected chi connectivity index (χ0v) is 14.0. The van der Waals surface area contributed by atoms with Crippen molar-refractivity contribution in [1.29, 1.82) is 0 Å². The molecule has 0 aromatic heterocycles. The van der Waals surface area contributed by atoms with Crippen LogP contribution in [0.15, 0.2) is 0 Å². The van der Waals surface area contributed by atoms with Gasteiger partial charge in [-0.2, -0.15) is 0 Å². The second-order valence-electron chi connectivity index (χ2n) is 7.43. The van der Waals surface area contributed by atoms with Crippen molar-refractivity contribution in [3.8, 4) is 0 Å². The van der Waals surface area contributed by atoms with Crippen LogP contribution in [0.2, 0.25) is 0 Å². The van der Waals surface area contributed by atoms with E-state index in [1.54, 1.807) is 0 Å². The number of rotatable bonds is 3. The summed E-state index contributed by atoms with van der Waals surface area (Å²) in [6.07, 6.45) is 8.85. The third kappa shape index (κ3) is 3.86. The summed E-state index contributed by atoms with van der Waals surface area (Å²) in [5.74, 6) is -0.230. The first-order valence-corrected chi connectivity index (χ1v) is 9.11. The molecular formula is C17H29N3O3. The van der Waals surface area contributed by atoms with Crippen molar-refractivity contribution in [2.24, 2.45) is 0 Å². The second kappa shape index (κ2) is 7.18. The topological polar surface area (TPSA) is 81.7 Å². The standard InChI is InChI=1S/C17H29N3O3/c1-11(20-13-7-8-14(20)10-15(21)9-13)16(22)19-17(23)18-12-5-3-2-4-6-12/h11-15,21H,2-10H2,1H3,(H2,18,19,22,23). The Morgan fingerprint density at radius 2 is 1.65 bits per heavy atom. The molecule has 0 spiro atoms. The number of nitrogens with zero attached hydrogens (tertiary/aromatic N) is 1. The molecule has 3 N–H and O–H groups in total. The smallest absolute Gasteiger partial charge is 0.321 e. The Hall–Kier alpha value is -1.14. The predicted octanol–water partition coefficient (Wildman–Crippen LogP) is 1.52. The van der Waals surface area contributed by atoms with Crippen LogP contribution in [0.1, 0.15) is 64.7 Å². The highest BCUT2D eigenvalue weighted by Crippen LogP contribution is 2.37. The maximum absolute atomic E-state index is 12.4. The molecule has 3 unspecified atom stereocenters. The fraction of sp³-hybridized carbons (Fsp3) is 0.882. The predicted molar refractivity (Wildman–Crippen MR) is 86.9 cm³/mol. The Labute approximate surface area is 138 Å². The molecule has 2 saturated heterocycles. The highest BCUT2D eigenvalue weighted by Gasteiger charge is 2.44. The number of carbonyl (C=O) groups excluding carboxylic acids is 2. The van der Waals surface area contributed by atoms with Gasteiger partial charge in [0.05, 0.1) is 12.1 Å². The Morgan fingerprint density at radius 3 is 2.26 bits per heavy atom. The highest BCUT2D eigenvalue weighted by molar-refractivity contribution is 5.96. The van der Waals surface area contributed by atoms with Gasteiger partial charge < -0.3 is 10.4 Å². The summed E-state index contributed by atoms with van der Waals surface area (Å²) >= 11 is 0. The molecule has 3 rings (SSSR count). The third-order valence-electron chi connectivity index (χ3n) is 5.77. The molecule has 6 nitrogen and oxygen atoms in total. The molecule has 6 heteroatoms. The molecule has 130 valence electrons. The minimum atomic E-state index is -0.363. The monoisotopic (exact) mass is 323 g/mol. The van der Waals surface area contributed by atoms with Gasteiger partial charge in [-0.25, -0.2) is 4.79 Å². The number of amides is 3.